The minimum atomic E-state index is -1.03. The predicted octanol–water partition coefficient (Wildman–Crippen LogP) is 2.26. The molecule has 7 heteroatoms. The number of hydrogen-bond donors (Lipinski definition) is 2. The van der Waals surface area contributed by atoms with E-state index in [2.05, 4.69) is 15.5 Å². The van der Waals surface area contributed by atoms with Crippen molar-refractivity contribution in [2.24, 2.45) is 0 Å². The van der Waals surface area contributed by atoms with Crippen LogP contribution < -0.4 is 5.32 Å². The number of nitrogens with zero attached hydrogens (tertiary/aromatic N) is 3. The van der Waals surface area contributed by atoms with Crippen LogP contribution in [0.1, 0.15) is 23.1 Å². The first-order valence-corrected chi connectivity index (χ1v) is 6.13. The van der Waals surface area contributed by atoms with E-state index in [1.807, 2.05) is 11.5 Å². The molecule has 1 heterocycles. The van der Waals surface area contributed by atoms with Crippen LogP contribution in [0.5, 0.6) is 0 Å². The van der Waals surface area contributed by atoms with Gasteiger partial charge in [-0.2, -0.15) is 0 Å². The third-order valence-corrected chi connectivity index (χ3v) is 2.92. The Morgan fingerprint density at radius 2 is 2.32 bits per heavy atom. The van der Waals surface area contributed by atoms with E-state index in [9.17, 15) is 4.79 Å². The lowest BCUT2D eigenvalue weighted by Gasteiger charge is -2.10. The van der Waals surface area contributed by atoms with Crippen molar-refractivity contribution in [3.05, 3.63) is 40.9 Å². The van der Waals surface area contributed by atoms with Gasteiger partial charge >= 0.3 is 5.97 Å². The van der Waals surface area contributed by atoms with E-state index in [-0.39, 0.29) is 5.56 Å². The Bertz CT molecular complexity index is 597. The first-order valence-electron chi connectivity index (χ1n) is 5.75. The number of hydrogen-bond acceptors (Lipinski definition) is 4. The molecule has 0 atom stereocenters. The van der Waals surface area contributed by atoms with E-state index in [4.69, 9.17) is 16.7 Å². The van der Waals surface area contributed by atoms with Gasteiger partial charge in [-0.15, -0.1) is 10.2 Å². The van der Waals surface area contributed by atoms with Crippen LogP contribution in [-0.2, 0) is 13.1 Å². The maximum atomic E-state index is 11.1. The smallest absolute Gasteiger partial charge is 0.337 e. The molecule has 0 unspecified atom stereocenters. The van der Waals surface area contributed by atoms with Gasteiger partial charge in [0.25, 0.3) is 0 Å². The van der Waals surface area contributed by atoms with Gasteiger partial charge in [0, 0.05) is 17.3 Å². The molecule has 1 aromatic carbocycles. The Morgan fingerprint density at radius 3 is 3.00 bits per heavy atom. The molecule has 0 aliphatic heterocycles. The zero-order valence-corrected chi connectivity index (χ0v) is 11.1. The van der Waals surface area contributed by atoms with Crippen LogP contribution in [0.4, 0.5) is 5.69 Å². The molecule has 0 aliphatic rings. The van der Waals surface area contributed by atoms with Crippen molar-refractivity contribution in [3.8, 4) is 0 Å². The van der Waals surface area contributed by atoms with E-state index >= 15 is 0 Å². The highest BCUT2D eigenvalue weighted by molar-refractivity contribution is 6.31. The Hall–Kier alpha value is -2.08. The molecule has 0 radical (unpaired) electrons. The monoisotopic (exact) mass is 280 g/mol. The van der Waals surface area contributed by atoms with E-state index in [0.717, 1.165) is 12.4 Å². The zero-order valence-electron chi connectivity index (χ0n) is 10.3. The van der Waals surface area contributed by atoms with Gasteiger partial charge in [0.15, 0.2) is 5.82 Å². The van der Waals surface area contributed by atoms with Crippen LogP contribution in [0, 0.1) is 0 Å². The van der Waals surface area contributed by atoms with Crippen LogP contribution in [-0.4, -0.2) is 25.8 Å². The number of carbonyl (C=O) groups is 1. The fourth-order valence-electron chi connectivity index (χ4n) is 1.70. The van der Waals surface area contributed by atoms with Crippen molar-refractivity contribution in [2.75, 3.05) is 5.32 Å². The van der Waals surface area contributed by atoms with E-state index < -0.39 is 5.97 Å². The van der Waals surface area contributed by atoms with Crippen LogP contribution >= 0.6 is 11.6 Å². The molecule has 0 saturated heterocycles. The fraction of sp³-hybridized carbons (Fsp3) is 0.250. The third kappa shape index (κ3) is 3.03. The number of aryl methyl sites for hydroxylation is 1. The number of benzene rings is 1. The molecule has 0 fully saturated rings. The minimum Gasteiger partial charge on any atom is -0.478 e. The second kappa shape index (κ2) is 5.71. The predicted molar refractivity (Wildman–Crippen MR) is 71.4 cm³/mol. The number of halogens is 1. The molecule has 0 spiro atoms. The molecule has 0 amide bonds. The first kappa shape index (κ1) is 13.4. The van der Waals surface area contributed by atoms with Crippen LogP contribution in [0.25, 0.3) is 0 Å². The van der Waals surface area contributed by atoms with Crippen molar-refractivity contribution in [3.63, 3.8) is 0 Å². The van der Waals surface area contributed by atoms with Gasteiger partial charge in [0.2, 0.25) is 0 Å². The lowest BCUT2D eigenvalue weighted by Crippen LogP contribution is -2.10. The van der Waals surface area contributed by atoms with Gasteiger partial charge in [-0.1, -0.05) is 11.6 Å². The van der Waals surface area contributed by atoms with E-state index in [1.54, 1.807) is 18.5 Å². The summed E-state index contributed by atoms with van der Waals surface area (Å²) in [7, 11) is 0. The average Bonchev–Trinajstić information content (AvgIpc) is 2.84. The second-order valence-electron chi connectivity index (χ2n) is 3.88. The molecule has 0 saturated carbocycles. The molecule has 2 aromatic rings. The molecule has 2 rings (SSSR count). The molecule has 0 bridgehead atoms. The van der Waals surface area contributed by atoms with E-state index in [1.165, 1.54) is 6.07 Å². The maximum Gasteiger partial charge on any atom is 0.337 e. The van der Waals surface area contributed by atoms with Crippen molar-refractivity contribution in [1.29, 1.82) is 0 Å². The van der Waals surface area contributed by atoms with Crippen LogP contribution in [0.15, 0.2) is 24.5 Å². The quantitative estimate of drug-likeness (QED) is 0.878. The minimum absolute atomic E-state index is 0.134. The van der Waals surface area contributed by atoms with Crippen molar-refractivity contribution >= 4 is 23.3 Å². The Morgan fingerprint density at radius 1 is 1.53 bits per heavy atom. The number of anilines is 1. The molecule has 100 valence electrons. The van der Waals surface area contributed by atoms with Gasteiger partial charge in [-0.05, 0) is 25.1 Å². The van der Waals surface area contributed by atoms with Gasteiger partial charge in [0.05, 0.1) is 12.1 Å². The lowest BCUT2D eigenvalue weighted by atomic mass is 10.2. The Kier molecular flexibility index (Phi) is 4.01. The molecular weight excluding hydrogens is 268 g/mol. The fourth-order valence-corrected chi connectivity index (χ4v) is 1.87. The third-order valence-electron chi connectivity index (χ3n) is 2.69. The zero-order chi connectivity index (χ0) is 13.8. The number of rotatable bonds is 5. The summed E-state index contributed by atoms with van der Waals surface area (Å²) < 4.78 is 1.88. The molecule has 1 aromatic heterocycles. The summed E-state index contributed by atoms with van der Waals surface area (Å²) in [6.07, 6.45) is 1.64. The van der Waals surface area contributed by atoms with Gasteiger partial charge in [-0.3, -0.25) is 0 Å². The highest BCUT2D eigenvalue weighted by atomic mass is 35.5. The van der Waals surface area contributed by atoms with Crippen molar-refractivity contribution < 1.29 is 9.90 Å². The van der Waals surface area contributed by atoms with Crippen molar-refractivity contribution in [2.45, 2.75) is 20.0 Å². The van der Waals surface area contributed by atoms with Crippen LogP contribution in [0.2, 0.25) is 5.02 Å². The summed E-state index contributed by atoms with van der Waals surface area (Å²) >= 11 is 5.79. The summed E-state index contributed by atoms with van der Waals surface area (Å²) in [5, 5.41) is 20.3. The summed E-state index contributed by atoms with van der Waals surface area (Å²) in [5.74, 6) is -0.282. The number of nitrogens with one attached hydrogen (secondary N) is 1. The number of carboxylic acids is 1. The topological polar surface area (TPSA) is 80.0 Å². The van der Waals surface area contributed by atoms with Gasteiger partial charge in [-0.25, -0.2) is 4.79 Å². The first-order chi connectivity index (χ1) is 9.11. The van der Waals surface area contributed by atoms with E-state index in [0.29, 0.717) is 17.3 Å². The number of aromatic carboxylic acids is 1. The van der Waals surface area contributed by atoms with Crippen molar-refractivity contribution in [1.82, 2.24) is 14.8 Å². The molecule has 6 nitrogen and oxygen atoms in total. The SMILES string of the molecule is CCn1cnnc1CNc1ccc(Cl)cc1C(=O)O. The summed E-state index contributed by atoms with van der Waals surface area (Å²) in [6, 6.07) is 4.69. The number of aromatic nitrogens is 3. The molecule has 0 aliphatic carbocycles. The lowest BCUT2D eigenvalue weighted by molar-refractivity contribution is 0.0698. The maximum absolute atomic E-state index is 11.1. The number of carboxylic acid groups (broad SMARTS) is 1. The standard InChI is InChI=1S/C12H13ClN4O2/c1-2-17-7-15-16-11(17)6-14-10-4-3-8(13)5-9(10)12(18)19/h3-5,7,14H,2,6H2,1H3,(H,18,19). The second-order valence-corrected chi connectivity index (χ2v) is 4.32. The molecule has 2 N–H and O–H groups in total. The normalized spacial score (nSPS) is 10.4. The highest BCUT2D eigenvalue weighted by Crippen LogP contribution is 2.21. The summed E-state index contributed by atoms with van der Waals surface area (Å²) in [6.45, 7) is 3.14. The summed E-state index contributed by atoms with van der Waals surface area (Å²) in [5.41, 5.74) is 0.637. The van der Waals surface area contributed by atoms with Crippen LogP contribution in [0.3, 0.4) is 0 Å². The summed E-state index contributed by atoms with van der Waals surface area (Å²) in [4.78, 5) is 11.1. The Labute approximate surface area is 115 Å². The molecular formula is C12H13ClN4O2. The Balaban J connectivity index is 2.18. The van der Waals surface area contributed by atoms with Gasteiger partial charge < -0.3 is 15.0 Å². The largest absolute Gasteiger partial charge is 0.478 e. The highest BCUT2D eigenvalue weighted by Gasteiger charge is 2.11. The average molecular weight is 281 g/mol. The molecule has 19 heavy (non-hydrogen) atoms. The van der Waals surface area contributed by atoms with Gasteiger partial charge in [0.1, 0.15) is 6.33 Å².